The molecule has 9 nitrogen and oxygen atoms in total. The molecule has 0 atom stereocenters. The van der Waals surface area contributed by atoms with Crippen LogP contribution < -0.4 is 8.92 Å². The Morgan fingerprint density at radius 1 is 1.15 bits per heavy atom. The van der Waals surface area contributed by atoms with Crippen molar-refractivity contribution in [3.63, 3.8) is 0 Å². The molecule has 0 radical (unpaired) electrons. The zero-order valence-corrected chi connectivity index (χ0v) is 19.4. The molecule has 0 aromatic heterocycles. The monoisotopic (exact) mass is 484 g/mol. The number of rotatable bonds is 7. The molecule has 0 fully saturated rings. The first-order valence-corrected chi connectivity index (χ1v) is 12.2. The summed E-state index contributed by atoms with van der Waals surface area (Å²) in [4.78, 5) is 16.6. The molecule has 0 unspecified atom stereocenters. The van der Waals surface area contributed by atoms with Crippen LogP contribution in [-0.2, 0) is 14.9 Å². The number of amidine groups is 2. The van der Waals surface area contributed by atoms with E-state index in [1.54, 1.807) is 24.3 Å². The van der Waals surface area contributed by atoms with Crippen LogP contribution in [0.5, 0.6) is 11.5 Å². The lowest BCUT2D eigenvalue weighted by Gasteiger charge is -2.20. The van der Waals surface area contributed by atoms with Crippen LogP contribution in [0.15, 0.2) is 69.1 Å². The lowest BCUT2D eigenvalue weighted by Crippen LogP contribution is -2.35. The Balaban J connectivity index is 1.62. The standard InChI is InChI=1S/C22H20N4O5S2/c1-3-7-19-25-26-20(23)16(21(27)24-22(26)32-19)12-14-10-11-17(18(13-14)30-2)31-33(28,29)15-8-5-4-6-9-15/h4-6,8-13,23H,3,7H2,1-2H3. The van der Waals surface area contributed by atoms with Gasteiger partial charge in [0.2, 0.25) is 5.17 Å². The third kappa shape index (κ3) is 4.69. The summed E-state index contributed by atoms with van der Waals surface area (Å²) in [6, 6.07) is 12.3. The van der Waals surface area contributed by atoms with Gasteiger partial charge in [0.05, 0.1) is 12.7 Å². The van der Waals surface area contributed by atoms with Crippen LogP contribution in [-0.4, -0.2) is 42.5 Å². The number of benzene rings is 2. The largest absolute Gasteiger partial charge is 0.493 e. The number of hydrazone groups is 1. The molecule has 0 spiro atoms. The smallest absolute Gasteiger partial charge is 0.339 e. The number of fused-ring (bicyclic) bond motifs is 1. The quantitative estimate of drug-likeness (QED) is 0.467. The number of ether oxygens (including phenoxy) is 1. The van der Waals surface area contributed by atoms with Crippen LogP contribution in [0.2, 0.25) is 0 Å². The summed E-state index contributed by atoms with van der Waals surface area (Å²) in [6.07, 6.45) is 3.12. The molecule has 2 aromatic rings. The van der Waals surface area contributed by atoms with E-state index in [4.69, 9.17) is 14.3 Å². The van der Waals surface area contributed by atoms with Gasteiger partial charge in [-0.2, -0.15) is 23.5 Å². The van der Waals surface area contributed by atoms with Crippen LogP contribution in [0.3, 0.4) is 0 Å². The topological polar surface area (TPSA) is 121 Å². The number of carbonyl (C=O) groups excluding carboxylic acids is 1. The number of hydrogen-bond acceptors (Lipinski definition) is 8. The van der Waals surface area contributed by atoms with E-state index >= 15 is 0 Å². The first-order chi connectivity index (χ1) is 15.8. The van der Waals surface area contributed by atoms with Crippen LogP contribution in [0.1, 0.15) is 25.3 Å². The maximum Gasteiger partial charge on any atom is 0.339 e. The van der Waals surface area contributed by atoms with E-state index in [0.29, 0.717) is 10.7 Å². The van der Waals surface area contributed by atoms with Crippen LogP contribution in [0, 0.1) is 5.41 Å². The highest BCUT2D eigenvalue weighted by Crippen LogP contribution is 2.33. The van der Waals surface area contributed by atoms with Crippen LogP contribution in [0.4, 0.5) is 0 Å². The Morgan fingerprint density at radius 2 is 1.91 bits per heavy atom. The maximum absolute atomic E-state index is 12.6. The SMILES string of the molecule is CCCC1=NN2C(=N)C(=Cc3ccc(OS(=O)(=O)c4ccccc4)c(OC)c3)C(=O)N=C2S1. The normalized spacial score (nSPS) is 17.0. The molecule has 4 rings (SSSR count). The highest BCUT2D eigenvalue weighted by Gasteiger charge is 2.35. The maximum atomic E-state index is 12.6. The fourth-order valence-electron chi connectivity index (χ4n) is 3.11. The van der Waals surface area contributed by atoms with Gasteiger partial charge in [-0.25, -0.2) is 0 Å². The van der Waals surface area contributed by atoms with E-state index in [1.165, 1.54) is 54.2 Å². The summed E-state index contributed by atoms with van der Waals surface area (Å²) in [5.74, 6) is -0.464. The Morgan fingerprint density at radius 3 is 2.61 bits per heavy atom. The van der Waals surface area contributed by atoms with E-state index < -0.39 is 16.0 Å². The number of nitrogens with one attached hydrogen (secondary N) is 1. The van der Waals surface area contributed by atoms with Crippen molar-refractivity contribution in [1.82, 2.24) is 5.01 Å². The molecule has 11 heteroatoms. The van der Waals surface area contributed by atoms with Crippen LogP contribution in [0.25, 0.3) is 6.08 Å². The predicted octanol–water partition coefficient (Wildman–Crippen LogP) is 3.88. The molecule has 0 saturated carbocycles. The molecule has 1 amide bonds. The first kappa shape index (κ1) is 22.7. The fraction of sp³-hybridized carbons (Fsp3) is 0.182. The number of hydrogen-bond donors (Lipinski definition) is 1. The van der Waals surface area contributed by atoms with Crippen molar-refractivity contribution in [2.45, 2.75) is 24.7 Å². The average Bonchev–Trinajstić information content (AvgIpc) is 3.20. The van der Waals surface area contributed by atoms with E-state index in [9.17, 15) is 13.2 Å². The highest BCUT2D eigenvalue weighted by atomic mass is 32.2. The van der Waals surface area contributed by atoms with Gasteiger partial charge in [0.1, 0.15) is 9.94 Å². The first-order valence-electron chi connectivity index (χ1n) is 9.99. The van der Waals surface area contributed by atoms with Crippen molar-refractivity contribution >= 4 is 49.9 Å². The summed E-state index contributed by atoms with van der Waals surface area (Å²) >= 11 is 1.29. The van der Waals surface area contributed by atoms with E-state index in [2.05, 4.69) is 10.1 Å². The van der Waals surface area contributed by atoms with Gasteiger partial charge in [-0.3, -0.25) is 10.2 Å². The third-order valence-electron chi connectivity index (χ3n) is 4.69. The zero-order valence-electron chi connectivity index (χ0n) is 17.8. The van der Waals surface area contributed by atoms with Crippen molar-refractivity contribution < 1.29 is 22.1 Å². The summed E-state index contributed by atoms with van der Waals surface area (Å²) in [7, 11) is -2.67. The van der Waals surface area contributed by atoms with Gasteiger partial charge in [-0.1, -0.05) is 31.2 Å². The van der Waals surface area contributed by atoms with Gasteiger partial charge in [-0.15, -0.1) is 0 Å². The van der Waals surface area contributed by atoms with E-state index in [-0.39, 0.29) is 27.8 Å². The molecular formula is C22H20N4O5S2. The summed E-state index contributed by atoms with van der Waals surface area (Å²) in [5, 5.41) is 15.3. The Labute approximate surface area is 195 Å². The van der Waals surface area contributed by atoms with Gasteiger partial charge in [-0.05, 0) is 60.5 Å². The molecule has 2 aliphatic heterocycles. The van der Waals surface area contributed by atoms with Crippen molar-refractivity contribution in [2.24, 2.45) is 10.1 Å². The molecular weight excluding hydrogens is 464 g/mol. The molecule has 0 saturated heterocycles. The number of nitrogens with zero attached hydrogens (tertiary/aromatic N) is 3. The molecule has 170 valence electrons. The Hall–Kier alpha value is -3.44. The minimum absolute atomic E-state index is 0.00129. The molecule has 0 bridgehead atoms. The number of methoxy groups -OCH3 is 1. The summed E-state index contributed by atoms with van der Waals surface area (Å²) < 4.78 is 35.6. The van der Waals surface area contributed by atoms with Gasteiger partial charge < -0.3 is 8.92 Å². The van der Waals surface area contributed by atoms with Gasteiger partial charge in [0.15, 0.2) is 17.3 Å². The lowest BCUT2D eigenvalue weighted by molar-refractivity contribution is -0.114. The summed E-state index contributed by atoms with van der Waals surface area (Å²) in [5.41, 5.74) is 0.571. The predicted molar refractivity (Wildman–Crippen MR) is 127 cm³/mol. The molecule has 33 heavy (non-hydrogen) atoms. The summed E-state index contributed by atoms with van der Waals surface area (Å²) in [6.45, 7) is 2.02. The second-order valence-corrected chi connectivity index (χ2v) is 9.61. The number of aliphatic imine (C=N–C) groups is 1. The van der Waals surface area contributed by atoms with Gasteiger partial charge in [0.25, 0.3) is 5.91 Å². The number of amides is 1. The molecule has 2 heterocycles. The zero-order chi connectivity index (χ0) is 23.6. The Kier molecular flexibility index (Phi) is 6.34. The Bertz CT molecular complexity index is 1320. The molecule has 1 N–H and O–H groups in total. The number of carbonyl (C=O) groups is 1. The van der Waals surface area contributed by atoms with Crippen molar-refractivity contribution in [1.29, 1.82) is 5.41 Å². The molecule has 2 aliphatic rings. The van der Waals surface area contributed by atoms with Crippen molar-refractivity contribution in [3.8, 4) is 11.5 Å². The van der Waals surface area contributed by atoms with Crippen molar-refractivity contribution in [2.75, 3.05) is 7.11 Å². The number of thioether (sulfide) groups is 1. The van der Waals surface area contributed by atoms with E-state index in [1.807, 2.05) is 6.92 Å². The average molecular weight is 485 g/mol. The van der Waals surface area contributed by atoms with E-state index in [0.717, 1.165) is 17.9 Å². The third-order valence-corrected chi connectivity index (χ3v) is 6.91. The van der Waals surface area contributed by atoms with Gasteiger partial charge >= 0.3 is 10.1 Å². The highest BCUT2D eigenvalue weighted by molar-refractivity contribution is 8.26. The minimum Gasteiger partial charge on any atom is -0.493 e. The lowest BCUT2D eigenvalue weighted by atomic mass is 10.1. The molecule has 2 aromatic carbocycles. The fourth-order valence-corrected chi connectivity index (χ4v) is 5.06. The van der Waals surface area contributed by atoms with Gasteiger partial charge in [0, 0.05) is 0 Å². The second-order valence-electron chi connectivity index (χ2n) is 7.02. The second kappa shape index (κ2) is 9.20. The minimum atomic E-state index is -4.05. The van der Waals surface area contributed by atoms with Crippen molar-refractivity contribution in [3.05, 3.63) is 59.7 Å². The van der Waals surface area contributed by atoms with Crippen LogP contribution >= 0.6 is 11.8 Å². The molecule has 0 aliphatic carbocycles.